The Kier molecular flexibility index (Phi) is 5.98. The van der Waals surface area contributed by atoms with Crippen LogP contribution >= 0.6 is 0 Å². The summed E-state index contributed by atoms with van der Waals surface area (Å²) in [5.41, 5.74) is 0.0445. The summed E-state index contributed by atoms with van der Waals surface area (Å²) in [6.45, 7) is 3.08. The zero-order valence-corrected chi connectivity index (χ0v) is 13.3. The van der Waals surface area contributed by atoms with Gasteiger partial charge in [-0.2, -0.15) is 0 Å². The van der Waals surface area contributed by atoms with Crippen molar-refractivity contribution in [3.8, 4) is 0 Å². The van der Waals surface area contributed by atoms with E-state index in [1.165, 1.54) is 0 Å². The third-order valence-electron chi connectivity index (χ3n) is 4.37. The van der Waals surface area contributed by atoms with Gasteiger partial charge in [0.2, 0.25) is 0 Å². The number of amides is 1. The Labute approximate surface area is 135 Å². The van der Waals surface area contributed by atoms with Crippen LogP contribution in [-0.4, -0.2) is 35.9 Å². The lowest BCUT2D eigenvalue weighted by atomic mass is 9.78. The summed E-state index contributed by atoms with van der Waals surface area (Å²) in [6, 6.07) is 9.35. The largest absolute Gasteiger partial charge is 0.481 e. The smallest absolute Gasteiger partial charge is 0.407 e. The molecule has 6 nitrogen and oxygen atoms in total. The van der Waals surface area contributed by atoms with E-state index in [0.29, 0.717) is 19.6 Å². The van der Waals surface area contributed by atoms with Crippen LogP contribution < -0.4 is 5.32 Å². The number of carboxylic acids is 1. The molecule has 1 aromatic rings. The quantitative estimate of drug-likeness (QED) is 0.806. The number of aliphatic carboxylic acids is 1. The molecule has 0 aromatic heterocycles. The van der Waals surface area contributed by atoms with Gasteiger partial charge in [0.05, 0.1) is 18.6 Å². The molecule has 1 heterocycles. The topological polar surface area (TPSA) is 84.9 Å². The highest BCUT2D eigenvalue weighted by Gasteiger charge is 2.42. The molecule has 2 rings (SSSR count). The Bertz CT molecular complexity index is 527. The van der Waals surface area contributed by atoms with Gasteiger partial charge in [-0.05, 0) is 18.4 Å². The second kappa shape index (κ2) is 7.97. The lowest BCUT2D eigenvalue weighted by molar-refractivity contribution is -0.139. The molecule has 1 aliphatic heterocycles. The highest BCUT2D eigenvalue weighted by Crippen LogP contribution is 2.32. The molecule has 0 spiro atoms. The molecule has 1 saturated heterocycles. The summed E-state index contributed by atoms with van der Waals surface area (Å²) in [6.07, 6.45) is 0.509. The van der Waals surface area contributed by atoms with Crippen LogP contribution in [0.3, 0.4) is 0 Å². The zero-order chi connectivity index (χ0) is 16.7. The molecule has 2 unspecified atom stereocenters. The van der Waals surface area contributed by atoms with Crippen LogP contribution in [0.4, 0.5) is 4.79 Å². The summed E-state index contributed by atoms with van der Waals surface area (Å²) >= 11 is 0. The average molecular weight is 321 g/mol. The highest BCUT2D eigenvalue weighted by molar-refractivity contribution is 5.73. The molecule has 2 atom stereocenters. The van der Waals surface area contributed by atoms with Crippen molar-refractivity contribution in [2.75, 3.05) is 13.2 Å². The minimum Gasteiger partial charge on any atom is -0.481 e. The third kappa shape index (κ3) is 4.69. The number of benzene rings is 1. The van der Waals surface area contributed by atoms with Crippen molar-refractivity contribution in [2.24, 2.45) is 5.92 Å². The second-order valence-electron chi connectivity index (χ2n) is 5.83. The van der Waals surface area contributed by atoms with Gasteiger partial charge in [0.1, 0.15) is 6.61 Å². The Morgan fingerprint density at radius 1 is 1.39 bits per heavy atom. The second-order valence-corrected chi connectivity index (χ2v) is 5.83. The Morgan fingerprint density at radius 2 is 2.13 bits per heavy atom. The van der Waals surface area contributed by atoms with Gasteiger partial charge in [0.25, 0.3) is 0 Å². The molecular formula is C17H23NO5. The number of carbonyl (C=O) groups is 2. The molecular weight excluding hydrogens is 298 g/mol. The fourth-order valence-electron chi connectivity index (χ4n) is 3.00. The van der Waals surface area contributed by atoms with Crippen molar-refractivity contribution in [3.63, 3.8) is 0 Å². The van der Waals surface area contributed by atoms with Gasteiger partial charge in [0.15, 0.2) is 0 Å². The van der Waals surface area contributed by atoms with E-state index in [2.05, 4.69) is 5.32 Å². The molecule has 0 aliphatic carbocycles. The van der Waals surface area contributed by atoms with Gasteiger partial charge in [-0.3, -0.25) is 4.79 Å². The van der Waals surface area contributed by atoms with Crippen molar-refractivity contribution in [2.45, 2.75) is 38.3 Å². The molecule has 1 aliphatic rings. The zero-order valence-electron chi connectivity index (χ0n) is 13.3. The minimum absolute atomic E-state index is 0.0205. The molecule has 23 heavy (non-hydrogen) atoms. The van der Waals surface area contributed by atoms with Crippen molar-refractivity contribution in [3.05, 3.63) is 35.9 Å². The van der Waals surface area contributed by atoms with Gasteiger partial charge < -0.3 is 19.9 Å². The van der Waals surface area contributed by atoms with E-state index in [4.69, 9.17) is 9.47 Å². The van der Waals surface area contributed by atoms with Crippen LogP contribution in [0.15, 0.2) is 30.3 Å². The van der Waals surface area contributed by atoms with E-state index in [-0.39, 0.29) is 18.9 Å². The summed E-state index contributed by atoms with van der Waals surface area (Å²) in [5.74, 6) is -0.963. The molecule has 0 radical (unpaired) electrons. The van der Waals surface area contributed by atoms with Crippen molar-refractivity contribution < 1.29 is 24.2 Å². The number of rotatable bonds is 7. The highest BCUT2D eigenvalue weighted by atomic mass is 16.5. The van der Waals surface area contributed by atoms with Crippen molar-refractivity contribution in [1.82, 2.24) is 5.32 Å². The summed E-state index contributed by atoms with van der Waals surface area (Å²) in [5, 5.41) is 12.0. The van der Waals surface area contributed by atoms with Crippen LogP contribution in [0.5, 0.6) is 0 Å². The molecule has 1 fully saturated rings. The van der Waals surface area contributed by atoms with Gasteiger partial charge >= 0.3 is 12.1 Å². The number of hydrogen-bond acceptors (Lipinski definition) is 4. The summed E-state index contributed by atoms with van der Waals surface area (Å²) in [7, 11) is 0. The molecule has 6 heteroatoms. The van der Waals surface area contributed by atoms with Gasteiger partial charge in [-0.15, -0.1) is 0 Å². The average Bonchev–Trinajstić information content (AvgIpc) is 3.08. The maximum Gasteiger partial charge on any atom is 0.407 e. The Hall–Kier alpha value is -2.08. The summed E-state index contributed by atoms with van der Waals surface area (Å²) < 4.78 is 10.6. The number of hydrogen-bond donors (Lipinski definition) is 2. The normalized spacial score (nSPS) is 19.8. The Morgan fingerprint density at radius 3 is 2.70 bits per heavy atom. The molecule has 1 aromatic carbocycles. The van der Waals surface area contributed by atoms with E-state index >= 15 is 0 Å². The van der Waals surface area contributed by atoms with E-state index < -0.39 is 17.6 Å². The Balaban J connectivity index is 2.00. The van der Waals surface area contributed by atoms with Crippen LogP contribution in [0.2, 0.25) is 0 Å². The van der Waals surface area contributed by atoms with Crippen LogP contribution in [0, 0.1) is 5.92 Å². The van der Waals surface area contributed by atoms with Crippen molar-refractivity contribution in [1.29, 1.82) is 0 Å². The first-order valence-corrected chi connectivity index (χ1v) is 7.84. The maximum atomic E-state index is 12.2. The van der Waals surface area contributed by atoms with Gasteiger partial charge in [-0.1, -0.05) is 37.3 Å². The molecule has 0 saturated carbocycles. The first kappa shape index (κ1) is 17.3. The fraction of sp³-hybridized carbons (Fsp3) is 0.529. The number of carbonyl (C=O) groups excluding carboxylic acids is 1. The number of nitrogens with one attached hydrogen (secondary N) is 1. The van der Waals surface area contributed by atoms with Crippen LogP contribution in [-0.2, 0) is 20.9 Å². The molecule has 2 N–H and O–H groups in total. The first-order valence-electron chi connectivity index (χ1n) is 7.84. The standard InChI is InChI=1S/C17H23NO5/c1-2-17(10-15(19)20,14-8-9-22-12-14)18-16(21)23-11-13-6-4-3-5-7-13/h3-7,14H,2,8-12H2,1H3,(H,18,21)(H,19,20). The lowest BCUT2D eigenvalue weighted by Crippen LogP contribution is -2.55. The van der Waals surface area contributed by atoms with Gasteiger partial charge in [-0.25, -0.2) is 4.79 Å². The molecule has 1 amide bonds. The monoisotopic (exact) mass is 321 g/mol. The molecule has 0 bridgehead atoms. The van der Waals surface area contributed by atoms with E-state index in [1.807, 2.05) is 37.3 Å². The van der Waals surface area contributed by atoms with Crippen LogP contribution in [0.25, 0.3) is 0 Å². The third-order valence-corrected chi connectivity index (χ3v) is 4.37. The minimum atomic E-state index is -0.942. The van der Waals surface area contributed by atoms with E-state index in [9.17, 15) is 14.7 Å². The SMILES string of the molecule is CCC(CC(=O)O)(NC(=O)OCc1ccccc1)C1CCOC1. The predicted octanol–water partition coefficient (Wildman–Crippen LogP) is 2.57. The van der Waals surface area contributed by atoms with E-state index in [1.54, 1.807) is 0 Å². The van der Waals surface area contributed by atoms with Crippen molar-refractivity contribution >= 4 is 12.1 Å². The molecule has 126 valence electrons. The maximum absolute atomic E-state index is 12.2. The lowest BCUT2D eigenvalue weighted by Gasteiger charge is -2.37. The number of ether oxygens (including phenoxy) is 2. The van der Waals surface area contributed by atoms with Crippen LogP contribution in [0.1, 0.15) is 31.7 Å². The fourth-order valence-corrected chi connectivity index (χ4v) is 3.00. The predicted molar refractivity (Wildman–Crippen MR) is 84.0 cm³/mol. The summed E-state index contributed by atoms with van der Waals surface area (Å²) in [4.78, 5) is 23.4. The van der Waals surface area contributed by atoms with Gasteiger partial charge in [0, 0.05) is 12.5 Å². The number of carboxylic acid groups (broad SMARTS) is 1. The number of alkyl carbamates (subject to hydrolysis) is 1. The first-order chi connectivity index (χ1) is 11.1. The van der Waals surface area contributed by atoms with E-state index in [0.717, 1.165) is 12.0 Å².